The van der Waals surface area contributed by atoms with E-state index in [2.05, 4.69) is 6.07 Å². The number of fused-ring (bicyclic) bond motifs is 1. The Morgan fingerprint density at radius 2 is 1.96 bits per heavy atom. The summed E-state index contributed by atoms with van der Waals surface area (Å²) in [6.45, 7) is 3.99. The Hall–Kier alpha value is -3.26. The second-order valence-corrected chi connectivity index (χ2v) is 6.30. The molecule has 1 atom stereocenters. The average molecular weight is 362 g/mol. The van der Waals surface area contributed by atoms with Gasteiger partial charge >= 0.3 is 5.97 Å². The van der Waals surface area contributed by atoms with Crippen molar-refractivity contribution in [3.8, 4) is 6.07 Å². The molecule has 3 rings (SSSR count). The van der Waals surface area contributed by atoms with Gasteiger partial charge in [0.1, 0.15) is 17.4 Å². The molecule has 1 unspecified atom stereocenters. The zero-order valence-electron chi connectivity index (χ0n) is 15.5. The molecule has 5 nitrogen and oxygen atoms in total. The van der Waals surface area contributed by atoms with Crippen LogP contribution < -0.4 is 5.73 Å². The number of allylic oxidation sites excluding steroid dienone is 2. The van der Waals surface area contributed by atoms with Crippen molar-refractivity contribution in [3.05, 3.63) is 70.8 Å². The van der Waals surface area contributed by atoms with E-state index in [9.17, 15) is 10.1 Å². The molecule has 2 N–H and O–H groups in total. The highest BCUT2D eigenvalue weighted by molar-refractivity contribution is 5.95. The maximum atomic E-state index is 12.8. The van der Waals surface area contributed by atoms with Crippen LogP contribution in [0.3, 0.4) is 0 Å². The number of ether oxygens (including phenoxy) is 2. The number of benzene rings is 2. The first-order valence-electron chi connectivity index (χ1n) is 9.07. The molecule has 0 saturated heterocycles. The molecule has 0 amide bonds. The van der Waals surface area contributed by atoms with Gasteiger partial charge in [0.15, 0.2) is 0 Å². The van der Waals surface area contributed by atoms with E-state index in [1.54, 1.807) is 6.92 Å². The van der Waals surface area contributed by atoms with Gasteiger partial charge in [-0.25, -0.2) is 4.79 Å². The van der Waals surface area contributed by atoms with Gasteiger partial charge in [-0.1, -0.05) is 49.4 Å². The number of rotatable bonds is 5. The van der Waals surface area contributed by atoms with E-state index in [1.165, 1.54) is 0 Å². The Bertz CT molecular complexity index is 977. The molecule has 0 aliphatic carbocycles. The van der Waals surface area contributed by atoms with Crippen molar-refractivity contribution in [1.29, 1.82) is 5.26 Å². The van der Waals surface area contributed by atoms with Crippen molar-refractivity contribution in [2.45, 2.75) is 32.6 Å². The van der Waals surface area contributed by atoms with Gasteiger partial charge in [0.2, 0.25) is 5.88 Å². The third kappa shape index (κ3) is 3.39. The maximum Gasteiger partial charge on any atom is 0.338 e. The van der Waals surface area contributed by atoms with Crippen LogP contribution in [0.4, 0.5) is 0 Å². The van der Waals surface area contributed by atoms with E-state index in [4.69, 9.17) is 15.2 Å². The number of nitrogens with zero attached hydrogens (tertiary/aromatic N) is 1. The molecule has 0 radical (unpaired) electrons. The van der Waals surface area contributed by atoms with E-state index in [1.807, 2.05) is 49.4 Å². The lowest BCUT2D eigenvalue weighted by atomic mass is 9.80. The Labute approximate surface area is 158 Å². The Morgan fingerprint density at radius 3 is 2.67 bits per heavy atom. The summed E-state index contributed by atoms with van der Waals surface area (Å²) in [5, 5.41) is 11.8. The minimum atomic E-state index is -0.615. The number of hydrogen-bond acceptors (Lipinski definition) is 5. The van der Waals surface area contributed by atoms with Crippen LogP contribution in [0.2, 0.25) is 0 Å². The maximum absolute atomic E-state index is 12.8. The fraction of sp³-hybridized carbons (Fsp3) is 0.273. The average Bonchev–Trinajstić information content (AvgIpc) is 2.67. The molecule has 0 aromatic heterocycles. The fourth-order valence-electron chi connectivity index (χ4n) is 3.48. The standard InChI is InChI=1S/C22H22N2O3/c1-3-8-18-20(22(25)26-4-2)19(17(13-23)21(24)27-18)16-12-7-10-14-9-5-6-11-15(14)16/h5-7,9-12,19H,3-4,8,24H2,1-2H3. The molecule has 0 fully saturated rings. The Morgan fingerprint density at radius 1 is 1.22 bits per heavy atom. The van der Waals surface area contributed by atoms with Gasteiger partial charge in [0.25, 0.3) is 0 Å². The first-order valence-corrected chi connectivity index (χ1v) is 9.07. The summed E-state index contributed by atoms with van der Waals surface area (Å²) in [4.78, 5) is 12.8. The summed E-state index contributed by atoms with van der Waals surface area (Å²) in [5.41, 5.74) is 7.50. The van der Waals surface area contributed by atoms with Crippen molar-refractivity contribution in [3.63, 3.8) is 0 Å². The van der Waals surface area contributed by atoms with Crippen LogP contribution in [0.5, 0.6) is 0 Å². The van der Waals surface area contributed by atoms with Gasteiger partial charge in [-0.05, 0) is 29.7 Å². The van der Waals surface area contributed by atoms with Gasteiger partial charge in [-0.3, -0.25) is 0 Å². The van der Waals surface area contributed by atoms with Crippen LogP contribution in [0, 0.1) is 11.3 Å². The molecule has 2 aromatic carbocycles. The molecule has 0 saturated carbocycles. The summed E-state index contributed by atoms with van der Waals surface area (Å²) >= 11 is 0. The lowest BCUT2D eigenvalue weighted by Gasteiger charge is -2.28. The molecule has 1 heterocycles. The lowest BCUT2D eigenvalue weighted by molar-refractivity contribution is -0.139. The van der Waals surface area contributed by atoms with E-state index in [-0.39, 0.29) is 18.1 Å². The number of esters is 1. The summed E-state index contributed by atoms with van der Waals surface area (Å²) in [6.07, 6.45) is 1.31. The van der Waals surface area contributed by atoms with Gasteiger partial charge in [0, 0.05) is 6.42 Å². The lowest BCUT2D eigenvalue weighted by Crippen LogP contribution is -2.26. The van der Waals surface area contributed by atoms with Gasteiger partial charge in [-0.2, -0.15) is 5.26 Å². The summed E-state index contributed by atoms with van der Waals surface area (Å²) in [6, 6.07) is 15.8. The van der Waals surface area contributed by atoms with Crippen molar-refractivity contribution < 1.29 is 14.3 Å². The molecular formula is C22H22N2O3. The topological polar surface area (TPSA) is 85.3 Å². The smallest absolute Gasteiger partial charge is 0.338 e. The van der Waals surface area contributed by atoms with Crippen molar-refractivity contribution in [2.24, 2.45) is 5.73 Å². The van der Waals surface area contributed by atoms with Crippen LogP contribution in [0.25, 0.3) is 10.8 Å². The number of carbonyl (C=O) groups is 1. The first kappa shape index (κ1) is 18.5. The third-order valence-electron chi connectivity index (χ3n) is 4.60. The summed E-state index contributed by atoms with van der Waals surface area (Å²) in [7, 11) is 0. The van der Waals surface area contributed by atoms with E-state index in [0.717, 1.165) is 22.8 Å². The zero-order chi connectivity index (χ0) is 19.4. The molecule has 1 aliphatic heterocycles. The van der Waals surface area contributed by atoms with Crippen molar-refractivity contribution in [2.75, 3.05) is 6.61 Å². The number of nitriles is 1. The SMILES string of the molecule is CCCC1=C(C(=O)OCC)C(c2cccc3ccccc23)C(C#N)=C(N)O1. The minimum Gasteiger partial charge on any atom is -0.463 e. The highest BCUT2D eigenvalue weighted by atomic mass is 16.5. The summed E-state index contributed by atoms with van der Waals surface area (Å²) < 4.78 is 11.0. The third-order valence-corrected chi connectivity index (χ3v) is 4.60. The van der Waals surface area contributed by atoms with Gasteiger partial charge < -0.3 is 15.2 Å². The molecule has 0 spiro atoms. The number of carbonyl (C=O) groups excluding carboxylic acids is 1. The number of nitrogens with two attached hydrogens (primary N) is 1. The molecule has 27 heavy (non-hydrogen) atoms. The van der Waals surface area contributed by atoms with E-state index >= 15 is 0 Å². The van der Waals surface area contributed by atoms with Crippen LogP contribution >= 0.6 is 0 Å². The largest absolute Gasteiger partial charge is 0.463 e. The Kier molecular flexibility index (Phi) is 5.46. The molecule has 5 heteroatoms. The highest BCUT2D eigenvalue weighted by Gasteiger charge is 2.37. The van der Waals surface area contributed by atoms with Crippen LogP contribution in [0.1, 0.15) is 38.2 Å². The van der Waals surface area contributed by atoms with Crippen LogP contribution in [-0.2, 0) is 14.3 Å². The highest BCUT2D eigenvalue weighted by Crippen LogP contribution is 2.43. The van der Waals surface area contributed by atoms with Gasteiger partial charge in [0.05, 0.1) is 18.1 Å². The van der Waals surface area contributed by atoms with Crippen molar-refractivity contribution in [1.82, 2.24) is 0 Å². The molecule has 2 aromatic rings. The predicted molar refractivity (Wildman–Crippen MR) is 103 cm³/mol. The molecular weight excluding hydrogens is 340 g/mol. The molecule has 0 bridgehead atoms. The molecule has 1 aliphatic rings. The fourth-order valence-corrected chi connectivity index (χ4v) is 3.48. The van der Waals surface area contributed by atoms with E-state index in [0.29, 0.717) is 17.8 Å². The Balaban J connectivity index is 2.30. The first-order chi connectivity index (χ1) is 13.1. The van der Waals surface area contributed by atoms with E-state index < -0.39 is 11.9 Å². The monoisotopic (exact) mass is 362 g/mol. The minimum absolute atomic E-state index is 0.0481. The normalized spacial score (nSPS) is 16.9. The zero-order valence-corrected chi connectivity index (χ0v) is 15.5. The second kappa shape index (κ2) is 7.96. The quantitative estimate of drug-likeness (QED) is 0.803. The molecule has 138 valence electrons. The summed E-state index contributed by atoms with van der Waals surface area (Å²) in [5.74, 6) is -0.563. The van der Waals surface area contributed by atoms with Crippen LogP contribution in [-0.4, -0.2) is 12.6 Å². The second-order valence-electron chi connectivity index (χ2n) is 6.30. The van der Waals surface area contributed by atoms with Crippen LogP contribution in [0.15, 0.2) is 65.3 Å². The number of hydrogen-bond donors (Lipinski definition) is 1. The predicted octanol–water partition coefficient (Wildman–Crippen LogP) is 4.26. The van der Waals surface area contributed by atoms with Gasteiger partial charge in [-0.15, -0.1) is 0 Å². The van der Waals surface area contributed by atoms with Crippen molar-refractivity contribution >= 4 is 16.7 Å².